The van der Waals surface area contributed by atoms with E-state index in [4.69, 9.17) is 0 Å². The van der Waals surface area contributed by atoms with Gasteiger partial charge in [-0.3, -0.25) is 9.59 Å². The zero-order valence-corrected chi connectivity index (χ0v) is 16.6. The number of rotatable bonds is 11. The molecule has 0 radical (unpaired) electrons. The van der Waals surface area contributed by atoms with Gasteiger partial charge in [-0.2, -0.15) is 0 Å². The Labute approximate surface area is 152 Å². The highest BCUT2D eigenvalue weighted by Crippen LogP contribution is 2.19. The number of carbonyl (C=O) groups excluding carboxylic acids is 2. The third kappa shape index (κ3) is 6.37. The summed E-state index contributed by atoms with van der Waals surface area (Å²) in [4.78, 5) is 24.8. The second-order valence-corrected chi connectivity index (χ2v) is 7.83. The molecule has 0 spiro atoms. The number of benzene rings is 1. The molecule has 4 nitrogen and oxygen atoms in total. The summed E-state index contributed by atoms with van der Waals surface area (Å²) in [6, 6.07) is 10.0. The van der Waals surface area contributed by atoms with E-state index in [1.54, 1.807) is 6.92 Å². The van der Waals surface area contributed by atoms with Gasteiger partial charge in [-0.15, -0.1) is 0 Å². The van der Waals surface area contributed by atoms with E-state index in [0.29, 0.717) is 25.3 Å². The van der Waals surface area contributed by atoms with Crippen LogP contribution in [0.2, 0.25) is 0 Å². The van der Waals surface area contributed by atoms with Crippen LogP contribution < -0.4 is 10.6 Å². The van der Waals surface area contributed by atoms with E-state index in [1.165, 1.54) is 0 Å². The summed E-state index contributed by atoms with van der Waals surface area (Å²) in [7, 11) is 1.83. The molecule has 0 heterocycles. The van der Waals surface area contributed by atoms with Gasteiger partial charge >= 0.3 is 0 Å². The van der Waals surface area contributed by atoms with Crippen molar-refractivity contribution in [2.75, 3.05) is 13.6 Å². The summed E-state index contributed by atoms with van der Waals surface area (Å²) in [5, 5.41) is 6.50. The van der Waals surface area contributed by atoms with Crippen LogP contribution in [0.3, 0.4) is 0 Å². The molecule has 1 aromatic rings. The molecule has 4 heteroatoms. The van der Waals surface area contributed by atoms with Crippen LogP contribution >= 0.6 is 0 Å². The molecule has 2 unspecified atom stereocenters. The number of hydrogen-bond donors (Lipinski definition) is 2. The first kappa shape index (κ1) is 21.5. The quantitative estimate of drug-likeness (QED) is 0.646. The highest BCUT2D eigenvalue weighted by atomic mass is 16.1. The summed E-state index contributed by atoms with van der Waals surface area (Å²) in [6.07, 6.45) is 1.81. The van der Waals surface area contributed by atoms with Gasteiger partial charge in [0.2, 0.25) is 0 Å². The fourth-order valence-corrected chi connectivity index (χ4v) is 3.22. The molecular formula is C21H34N2O2. The number of nitrogens with one attached hydrogen (secondary N) is 2. The Bertz CT molecular complexity index is 571. The van der Waals surface area contributed by atoms with Crippen LogP contribution in [0.5, 0.6) is 0 Å². The van der Waals surface area contributed by atoms with Crippen molar-refractivity contribution in [1.29, 1.82) is 0 Å². The lowest BCUT2D eigenvalue weighted by atomic mass is 9.85. The van der Waals surface area contributed by atoms with Crippen molar-refractivity contribution in [3.8, 4) is 0 Å². The monoisotopic (exact) mass is 346 g/mol. The van der Waals surface area contributed by atoms with Crippen LogP contribution in [0, 0.1) is 5.92 Å². The maximum atomic E-state index is 12.8. The lowest BCUT2D eigenvalue weighted by Gasteiger charge is -2.32. The van der Waals surface area contributed by atoms with Gasteiger partial charge in [-0.1, -0.05) is 44.2 Å². The van der Waals surface area contributed by atoms with Gasteiger partial charge in [-0.25, -0.2) is 0 Å². The lowest BCUT2D eigenvalue weighted by molar-refractivity contribution is -0.126. The van der Waals surface area contributed by atoms with Crippen molar-refractivity contribution in [1.82, 2.24) is 10.6 Å². The van der Waals surface area contributed by atoms with Gasteiger partial charge < -0.3 is 10.6 Å². The summed E-state index contributed by atoms with van der Waals surface area (Å²) in [5.74, 6) is 0.689. The molecule has 0 aliphatic carbocycles. The molecule has 2 atom stereocenters. The van der Waals surface area contributed by atoms with Crippen LogP contribution in [0.1, 0.15) is 53.0 Å². The van der Waals surface area contributed by atoms with E-state index in [2.05, 4.69) is 24.5 Å². The smallest absolute Gasteiger partial charge is 0.154 e. The topological polar surface area (TPSA) is 58.2 Å². The maximum Gasteiger partial charge on any atom is 0.154 e. The Hall–Kier alpha value is -1.52. The maximum absolute atomic E-state index is 12.8. The molecule has 0 bridgehead atoms. The van der Waals surface area contributed by atoms with Crippen LogP contribution in [0.25, 0.3) is 0 Å². The minimum Gasteiger partial charge on any atom is -0.308 e. The largest absolute Gasteiger partial charge is 0.308 e. The summed E-state index contributed by atoms with van der Waals surface area (Å²) in [6.45, 7) is 10.2. The second kappa shape index (κ2) is 9.25. The van der Waals surface area contributed by atoms with Gasteiger partial charge in [-0.05, 0) is 52.1 Å². The zero-order valence-electron chi connectivity index (χ0n) is 16.6. The molecule has 0 aliphatic rings. The van der Waals surface area contributed by atoms with Crippen LogP contribution in [-0.4, -0.2) is 36.2 Å². The second-order valence-electron chi connectivity index (χ2n) is 7.83. The van der Waals surface area contributed by atoms with Gasteiger partial charge in [0.05, 0.1) is 11.1 Å². The summed E-state index contributed by atoms with van der Waals surface area (Å²) >= 11 is 0. The molecule has 0 saturated carbocycles. The molecule has 0 aliphatic heterocycles. The lowest BCUT2D eigenvalue weighted by Crippen LogP contribution is -2.53. The van der Waals surface area contributed by atoms with Gasteiger partial charge in [0.15, 0.2) is 5.78 Å². The number of ketones is 2. The van der Waals surface area contributed by atoms with E-state index < -0.39 is 11.1 Å². The molecular weight excluding hydrogens is 312 g/mol. The van der Waals surface area contributed by atoms with Crippen molar-refractivity contribution >= 4 is 11.6 Å². The first-order valence-corrected chi connectivity index (χ1v) is 9.15. The predicted octanol–water partition coefficient (Wildman–Crippen LogP) is 3.15. The zero-order chi connectivity index (χ0) is 19.1. The van der Waals surface area contributed by atoms with E-state index in [-0.39, 0.29) is 11.6 Å². The predicted molar refractivity (Wildman–Crippen MR) is 104 cm³/mol. The van der Waals surface area contributed by atoms with Crippen molar-refractivity contribution in [2.24, 2.45) is 5.92 Å². The summed E-state index contributed by atoms with van der Waals surface area (Å²) in [5.41, 5.74) is -0.0356. The van der Waals surface area contributed by atoms with E-state index in [0.717, 1.165) is 12.0 Å². The van der Waals surface area contributed by atoms with E-state index >= 15 is 0 Å². The molecule has 140 valence electrons. The van der Waals surface area contributed by atoms with Crippen molar-refractivity contribution in [3.05, 3.63) is 35.9 Å². The Balaban J connectivity index is 2.68. The van der Waals surface area contributed by atoms with Gasteiger partial charge in [0.1, 0.15) is 5.78 Å². The third-order valence-electron chi connectivity index (χ3n) is 5.03. The van der Waals surface area contributed by atoms with E-state index in [1.807, 2.05) is 51.2 Å². The third-order valence-corrected chi connectivity index (χ3v) is 5.03. The molecule has 2 N–H and O–H groups in total. The Kier molecular flexibility index (Phi) is 7.97. The highest BCUT2D eigenvalue weighted by molar-refractivity contribution is 5.89. The van der Waals surface area contributed by atoms with Crippen LogP contribution in [-0.2, 0) is 16.0 Å². The number of Topliss-reactive ketones (excluding diaryl/α,β-unsaturated/α-hetero) is 2. The van der Waals surface area contributed by atoms with Crippen molar-refractivity contribution in [2.45, 2.75) is 65.0 Å². The average Bonchev–Trinajstić information content (AvgIpc) is 2.54. The molecule has 25 heavy (non-hydrogen) atoms. The Morgan fingerprint density at radius 3 is 2.16 bits per heavy atom. The fraction of sp³-hybridized carbons (Fsp3) is 0.619. The minimum atomic E-state index is -0.603. The first-order valence-electron chi connectivity index (χ1n) is 9.15. The Morgan fingerprint density at radius 2 is 1.68 bits per heavy atom. The molecule has 0 fully saturated rings. The minimum absolute atomic E-state index is 0.120. The molecule has 1 rings (SSSR count). The normalized spacial score (nSPS) is 16.3. The van der Waals surface area contributed by atoms with Crippen LogP contribution in [0.4, 0.5) is 0 Å². The Morgan fingerprint density at radius 1 is 1.08 bits per heavy atom. The number of hydrogen-bond acceptors (Lipinski definition) is 4. The fourth-order valence-electron chi connectivity index (χ4n) is 3.22. The molecule has 0 aromatic heterocycles. The van der Waals surface area contributed by atoms with Gasteiger partial charge in [0.25, 0.3) is 0 Å². The average molecular weight is 347 g/mol. The van der Waals surface area contributed by atoms with Crippen LogP contribution in [0.15, 0.2) is 30.3 Å². The standard InChI is InChI=1S/C21H34N2O2/c1-16(2)14-20(4,17(3)24)23-13-12-19(25)21(5,22-6)15-18-10-8-7-9-11-18/h7-11,16,22-23H,12-15H2,1-6H3. The first-order chi connectivity index (χ1) is 11.6. The number of carbonyl (C=O) groups is 2. The van der Waals surface area contributed by atoms with Gasteiger partial charge in [0, 0.05) is 13.0 Å². The molecule has 0 saturated heterocycles. The summed E-state index contributed by atoms with van der Waals surface area (Å²) < 4.78 is 0. The van der Waals surface area contributed by atoms with E-state index in [9.17, 15) is 9.59 Å². The number of likely N-dealkylation sites (N-methyl/N-ethyl adjacent to an activating group) is 1. The molecule has 0 amide bonds. The molecule has 1 aromatic carbocycles. The van der Waals surface area contributed by atoms with Crippen molar-refractivity contribution < 1.29 is 9.59 Å². The highest BCUT2D eigenvalue weighted by Gasteiger charge is 2.33. The van der Waals surface area contributed by atoms with Crippen molar-refractivity contribution in [3.63, 3.8) is 0 Å². The SMILES string of the molecule is CNC(C)(Cc1ccccc1)C(=O)CCNC(C)(CC(C)C)C(C)=O.